The Balaban J connectivity index is 2.92. The average molecular weight is 183 g/mol. The van der Waals surface area contributed by atoms with Crippen LogP contribution in [-0.2, 0) is 5.67 Å². The Morgan fingerprint density at radius 2 is 1.92 bits per heavy atom. The minimum atomic E-state index is -1.45. The van der Waals surface area contributed by atoms with Gasteiger partial charge in [0.2, 0.25) is 0 Å². The Labute approximate surface area is 77.5 Å². The van der Waals surface area contributed by atoms with E-state index in [0.717, 1.165) is 5.75 Å². The summed E-state index contributed by atoms with van der Waals surface area (Å²) in [4.78, 5) is 0. The average Bonchev–Trinajstić information content (AvgIpc) is 2.18. The molecule has 0 fully saturated rings. The SMILES string of the molecule is COc1ccc(C(C)(F)CN)cc1. The summed E-state index contributed by atoms with van der Waals surface area (Å²) in [6, 6.07) is 6.82. The van der Waals surface area contributed by atoms with E-state index in [1.165, 1.54) is 6.92 Å². The molecule has 0 bridgehead atoms. The highest BCUT2D eigenvalue weighted by Gasteiger charge is 2.23. The number of benzene rings is 1. The number of hydrogen-bond donors (Lipinski definition) is 1. The van der Waals surface area contributed by atoms with Crippen LogP contribution >= 0.6 is 0 Å². The molecule has 3 heteroatoms. The highest BCUT2D eigenvalue weighted by molar-refractivity contribution is 5.30. The van der Waals surface area contributed by atoms with Gasteiger partial charge in [0.25, 0.3) is 0 Å². The molecule has 0 aliphatic rings. The first-order chi connectivity index (χ1) is 6.10. The lowest BCUT2D eigenvalue weighted by Gasteiger charge is -2.18. The smallest absolute Gasteiger partial charge is 0.145 e. The van der Waals surface area contributed by atoms with E-state index in [4.69, 9.17) is 10.5 Å². The maximum Gasteiger partial charge on any atom is 0.145 e. The molecular formula is C10H14FNO. The lowest BCUT2D eigenvalue weighted by Crippen LogP contribution is -2.26. The van der Waals surface area contributed by atoms with Crippen molar-refractivity contribution >= 4 is 0 Å². The molecule has 0 aromatic heterocycles. The van der Waals surface area contributed by atoms with E-state index in [0.29, 0.717) is 5.56 Å². The third kappa shape index (κ3) is 2.18. The molecule has 0 heterocycles. The second-order valence-electron chi connectivity index (χ2n) is 3.13. The predicted molar refractivity (Wildman–Crippen MR) is 50.5 cm³/mol. The van der Waals surface area contributed by atoms with Crippen molar-refractivity contribution in [2.45, 2.75) is 12.6 Å². The van der Waals surface area contributed by atoms with Crippen molar-refractivity contribution in [3.05, 3.63) is 29.8 Å². The van der Waals surface area contributed by atoms with E-state index in [2.05, 4.69) is 0 Å². The highest BCUT2D eigenvalue weighted by atomic mass is 19.1. The van der Waals surface area contributed by atoms with Crippen molar-refractivity contribution in [2.24, 2.45) is 5.73 Å². The number of alkyl halides is 1. The Bertz CT molecular complexity index is 269. The molecule has 2 nitrogen and oxygen atoms in total. The van der Waals surface area contributed by atoms with Crippen LogP contribution in [0.3, 0.4) is 0 Å². The van der Waals surface area contributed by atoms with Crippen molar-refractivity contribution < 1.29 is 9.13 Å². The van der Waals surface area contributed by atoms with Gasteiger partial charge in [-0.25, -0.2) is 4.39 Å². The largest absolute Gasteiger partial charge is 0.497 e. The third-order valence-electron chi connectivity index (χ3n) is 2.08. The van der Waals surface area contributed by atoms with Crippen LogP contribution in [0.5, 0.6) is 5.75 Å². The number of methoxy groups -OCH3 is 1. The summed E-state index contributed by atoms with van der Waals surface area (Å²) in [5.74, 6) is 0.719. The molecule has 0 spiro atoms. The maximum atomic E-state index is 13.6. The first-order valence-corrected chi connectivity index (χ1v) is 4.13. The highest BCUT2D eigenvalue weighted by Crippen LogP contribution is 2.25. The molecule has 1 aromatic carbocycles. The van der Waals surface area contributed by atoms with Gasteiger partial charge in [0.15, 0.2) is 0 Å². The molecular weight excluding hydrogens is 169 g/mol. The van der Waals surface area contributed by atoms with E-state index in [-0.39, 0.29) is 6.54 Å². The van der Waals surface area contributed by atoms with Crippen LogP contribution in [0.15, 0.2) is 24.3 Å². The van der Waals surface area contributed by atoms with Crippen molar-refractivity contribution in [3.8, 4) is 5.75 Å². The molecule has 0 saturated carbocycles. The minimum absolute atomic E-state index is 0.0146. The van der Waals surface area contributed by atoms with Gasteiger partial charge >= 0.3 is 0 Å². The number of nitrogens with two attached hydrogens (primary N) is 1. The van der Waals surface area contributed by atoms with Gasteiger partial charge in [0.05, 0.1) is 7.11 Å². The number of ether oxygens (including phenoxy) is 1. The molecule has 0 amide bonds. The molecule has 0 saturated heterocycles. The Hall–Kier alpha value is -1.09. The predicted octanol–water partition coefficient (Wildman–Crippen LogP) is 1.84. The van der Waals surface area contributed by atoms with E-state index in [1.807, 2.05) is 0 Å². The number of rotatable bonds is 3. The molecule has 1 rings (SSSR count). The van der Waals surface area contributed by atoms with Crippen LogP contribution in [0.1, 0.15) is 12.5 Å². The molecule has 0 radical (unpaired) electrons. The van der Waals surface area contributed by atoms with E-state index >= 15 is 0 Å². The first kappa shape index (κ1) is 9.99. The molecule has 0 aliphatic carbocycles. The van der Waals surface area contributed by atoms with Crippen LogP contribution in [0, 0.1) is 0 Å². The zero-order valence-corrected chi connectivity index (χ0v) is 7.88. The normalized spacial score (nSPS) is 15.1. The molecule has 1 unspecified atom stereocenters. The fourth-order valence-electron chi connectivity index (χ4n) is 1.06. The summed E-state index contributed by atoms with van der Waals surface area (Å²) >= 11 is 0. The summed E-state index contributed by atoms with van der Waals surface area (Å²) in [6.07, 6.45) is 0. The lowest BCUT2D eigenvalue weighted by molar-refractivity contribution is 0.203. The number of halogens is 1. The van der Waals surface area contributed by atoms with Gasteiger partial charge in [-0.2, -0.15) is 0 Å². The van der Waals surface area contributed by atoms with Crippen LogP contribution in [0.2, 0.25) is 0 Å². The van der Waals surface area contributed by atoms with E-state index in [9.17, 15) is 4.39 Å². The fraction of sp³-hybridized carbons (Fsp3) is 0.400. The van der Waals surface area contributed by atoms with E-state index in [1.54, 1.807) is 31.4 Å². The monoisotopic (exact) mass is 183 g/mol. The van der Waals surface area contributed by atoms with Crippen LogP contribution in [0.25, 0.3) is 0 Å². The van der Waals surface area contributed by atoms with Gasteiger partial charge in [0, 0.05) is 6.54 Å². The molecule has 2 N–H and O–H groups in total. The lowest BCUT2D eigenvalue weighted by atomic mass is 9.98. The number of hydrogen-bond acceptors (Lipinski definition) is 2. The van der Waals surface area contributed by atoms with Gasteiger partial charge < -0.3 is 10.5 Å². The standard InChI is InChI=1S/C10H14FNO/c1-10(11,7-12)8-3-5-9(13-2)6-4-8/h3-6H,7,12H2,1-2H3. The molecule has 1 atom stereocenters. The van der Waals surface area contributed by atoms with Gasteiger partial charge in [-0.1, -0.05) is 12.1 Å². The van der Waals surface area contributed by atoms with Gasteiger partial charge in [-0.3, -0.25) is 0 Å². The maximum absolute atomic E-state index is 13.6. The first-order valence-electron chi connectivity index (χ1n) is 4.13. The van der Waals surface area contributed by atoms with Crippen LogP contribution in [-0.4, -0.2) is 13.7 Å². The second kappa shape index (κ2) is 3.75. The van der Waals surface area contributed by atoms with Crippen molar-refractivity contribution in [2.75, 3.05) is 13.7 Å². The van der Waals surface area contributed by atoms with Crippen molar-refractivity contribution in [1.29, 1.82) is 0 Å². The van der Waals surface area contributed by atoms with Crippen molar-refractivity contribution in [1.82, 2.24) is 0 Å². The van der Waals surface area contributed by atoms with Crippen molar-refractivity contribution in [3.63, 3.8) is 0 Å². The molecule has 13 heavy (non-hydrogen) atoms. The zero-order valence-electron chi connectivity index (χ0n) is 7.88. The summed E-state index contributed by atoms with van der Waals surface area (Å²) < 4.78 is 18.6. The topological polar surface area (TPSA) is 35.2 Å². The Kier molecular flexibility index (Phi) is 2.88. The fourth-order valence-corrected chi connectivity index (χ4v) is 1.06. The minimum Gasteiger partial charge on any atom is -0.497 e. The molecule has 72 valence electrons. The van der Waals surface area contributed by atoms with Gasteiger partial charge in [0.1, 0.15) is 11.4 Å². The quantitative estimate of drug-likeness (QED) is 0.776. The second-order valence-corrected chi connectivity index (χ2v) is 3.13. The zero-order chi connectivity index (χ0) is 9.90. The summed E-state index contributed by atoms with van der Waals surface area (Å²) in [6.45, 7) is 1.45. The molecule has 0 aliphatic heterocycles. The summed E-state index contributed by atoms with van der Waals surface area (Å²) in [5, 5.41) is 0. The summed E-state index contributed by atoms with van der Waals surface area (Å²) in [5.41, 5.74) is 4.43. The Morgan fingerprint density at radius 1 is 1.38 bits per heavy atom. The van der Waals surface area contributed by atoms with E-state index < -0.39 is 5.67 Å². The van der Waals surface area contributed by atoms with Crippen LogP contribution in [0.4, 0.5) is 4.39 Å². The molecule has 1 aromatic rings. The third-order valence-corrected chi connectivity index (χ3v) is 2.08. The van der Waals surface area contributed by atoms with Crippen LogP contribution < -0.4 is 10.5 Å². The summed E-state index contributed by atoms with van der Waals surface area (Å²) in [7, 11) is 1.58. The van der Waals surface area contributed by atoms with Gasteiger partial charge in [-0.05, 0) is 24.6 Å². The van der Waals surface area contributed by atoms with Gasteiger partial charge in [-0.15, -0.1) is 0 Å². The Morgan fingerprint density at radius 3 is 2.31 bits per heavy atom.